The predicted molar refractivity (Wildman–Crippen MR) is 64.6 cm³/mol. The van der Waals surface area contributed by atoms with Gasteiger partial charge in [-0.3, -0.25) is 4.39 Å². The molecule has 0 saturated heterocycles. The zero-order chi connectivity index (χ0) is 10.9. The highest BCUT2D eigenvalue weighted by molar-refractivity contribution is 6.17. The summed E-state index contributed by atoms with van der Waals surface area (Å²) in [5, 5.41) is 3.19. The van der Waals surface area contributed by atoms with E-state index in [2.05, 4.69) is 17.4 Å². The first-order valence-electron chi connectivity index (χ1n) is 5.31. The van der Waals surface area contributed by atoms with Gasteiger partial charge >= 0.3 is 0 Å². The minimum atomic E-state index is -0.265. The largest absolute Gasteiger partial charge is 0.385 e. The smallest absolute Gasteiger partial charge is 0.0911 e. The summed E-state index contributed by atoms with van der Waals surface area (Å²) in [6.45, 7) is 0.425. The molecule has 0 amide bonds. The second-order valence-corrected chi connectivity index (χ2v) is 3.84. The van der Waals surface area contributed by atoms with E-state index in [0.29, 0.717) is 18.8 Å². The van der Waals surface area contributed by atoms with Crippen LogP contribution in [0.15, 0.2) is 24.3 Å². The minimum Gasteiger partial charge on any atom is -0.385 e. The molecule has 0 unspecified atom stereocenters. The van der Waals surface area contributed by atoms with Crippen LogP contribution in [0.2, 0.25) is 0 Å². The topological polar surface area (TPSA) is 12.0 Å². The lowest BCUT2D eigenvalue weighted by Crippen LogP contribution is -2.02. The van der Waals surface area contributed by atoms with E-state index in [9.17, 15) is 4.39 Å². The molecule has 1 rings (SSSR count). The van der Waals surface area contributed by atoms with Gasteiger partial charge in [0.1, 0.15) is 0 Å². The van der Waals surface area contributed by atoms with Gasteiger partial charge < -0.3 is 5.32 Å². The van der Waals surface area contributed by atoms with Crippen molar-refractivity contribution < 1.29 is 4.39 Å². The maximum absolute atomic E-state index is 11.9. The third-order valence-corrected chi connectivity index (χ3v) is 2.43. The maximum Gasteiger partial charge on any atom is 0.0911 e. The quantitative estimate of drug-likeness (QED) is 0.556. The second kappa shape index (κ2) is 7.52. The summed E-state index contributed by atoms with van der Waals surface area (Å²) >= 11 is 5.64. The standard InChI is InChI=1S/C12H17ClFN/c13-7-2-5-11-4-1-6-12(10-11)15-9-3-8-14/h1,4,6,10,15H,2-3,5,7-9H2. The van der Waals surface area contributed by atoms with E-state index in [1.54, 1.807) is 0 Å². The molecule has 0 saturated carbocycles. The molecule has 15 heavy (non-hydrogen) atoms. The van der Waals surface area contributed by atoms with E-state index in [-0.39, 0.29) is 6.67 Å². The highest BCUT2D eigenvalue weighted by Crippen LogP contribution is 2.12. The fraction of sp³-hybridized carbons (Fsp3) is 0.500. The van der Waals surface area contributed by atoms with Crippen molar-refractivity contribution in [1.82, 2.24) is 0 Å². The number of alkyl halides is 2. The zero-order valence-corrected chi connectivity index (χ0v) is 9.56. The first-order chi connectivity index (χ1) is 7.36. The van der Waals surface area contributed by atoms with Crippen molar-refractivity contribution in [2.45, 2.75) is 19.3 Å². The highest BCUT2D eigenvalue weighted by atomic mass is 35.5. The van der Waals surface area contributed by atoms with Crippen LogP contribution in [0.25, 0.3) is 0 Å². The molecular formula is C12H17ClFN. The molecule has 0 fully saturated rings. The fourth-order valence-electron chi connectivity index (χ4n) is 1.41. The monoisotopic (exact) mass is 229 g/mol. The molecule has 0 aliphatic rings. The van der Waals surface area contributed by atoms with Crippen molar-refractivity contribution in [1.29, 1.82) is 0 Å². The van der Waals surface area contributed by atoms with Crippen LogP contribution < -0.4 is 5.32 Å². The molecule has 0 atom stereocenters. The Hall–Kier alpha value is -0.760. The van der Waals surface area contributed by atoms with Gasteiger partial charge in [0.25, 0.3) is 0 Å². The molecule has 0 spiro atoms. The third kappa shape index (κ3) is 5.03. The van der Waals surface area contributed by atoms with Gasteiger partial charge in [-0.15, -0.1) is 11.6 Å². The Bertz CT molecular complexity index is 278. The van der Waals surface area contributed by atoms with Crippen molar-refractivity contribution in [3.8, 4) is 0 Å². The first-order valence-corrected chi connectivity index (χ1v) is 5.85. The van der Waals surface area contributed by atoms with Crippen molar-refractivity contribution in [2.75, 3.05) is 24.4 Å². The Kier molecular flexibility index (Phi) is 6.17. The lowest BCUT2D eigenvalue weighted by Gasteiger charge is -2.06. The molecule has 1 nitrogen and oxygen atoms in total. The number of hydrogen-bond acceptors (Lipinski definition) is 1. The summed E-state index contributed by atoms with van der Waals surface area (Å²) in [5.41, 5.74) is 2.34. The van der Waals surface area contributed by atoms with Gasteiger partial charge in [0, 0.05) is 18.1 Å². The average Bonchev–Trinajstić information content (AvgIpc) is 2.27. The number of benzene rings is 1. The molecule has 1 N–H and O–H groups in total. The molecule has 3 heteroatoms. The predicted octanol–water partition coefficient (Wildman–Crippen LogP) is 3.63. The molecule has 0 aliphatic heterocycles. The Morgan fingerprint density at radius 2 is 2.13 bits per heavy atom. The van der Waals surface area contributed by atoms with Crippen LogP contribution in [-0.4, -0.2) is 19.1 Å². The van der Waals surface area contributed by atoms with Crippen LogP contribution >= 0.6 is 11.6 Å². The number of aryl methyl sites for hydroxylation is 1. The van der Waals surface area contributed by atoms with Gasteiger partial charge in [-0.05, 0) is 37.0 Å². The van der Waals surface area contributed by atoms with Crippen molar-refractivity contribution in [3.63, 3.8) is 0 Å². The van der Waals surface area contributed by atoms with E-state index in [4.69, 9.17) is 11.6 Å². The molecule has 1 aromatic rings. The van der Waals surface area contributed by atoms with E-state index < -0.39 is 0 Å². The Balaban J connectivity index is 2.42. The maximum atomic E-state index is 11.9. The number of anilines is 1. The molecule has 0 aliphatic carbocycles. The number of nitrogens with one attached hydrogen (secondary N) is 1. The molecule has 0 bridgehead atoms. The molecule has 0 radical (unpaired) electrons. The summed E-state index contributed by atoms with van der Waals surface area (Å²) in [5.74, 6) is 0.694. The second-order valence-electron chi connectivity index (χ2n) is 3.46. The van der Waals surface area contributed by atoms with Crippen LogP contribution in [0.5, 0.6) is 0 Å². The number of hydrogen-bond donors (Lipinski definition) is 1. The number of halogens is 2. The third-order valence-electron chi connectivity index (χ3n) is 2.17. The Morgan fingerprint density at radius 1 is 1.27 bits per heavy atom. The molecule has 0 heterocycles. The summed E-state index contributed by atoms with van der Waals surface area (Å²) < 4.78 is 11.9. The molecule has 1 aromatic carbocycles. The van der Waals surface area contributed by atoms with Crippen molar-refractivity contribution in [2.24, 2.45) is 0 Å². The van der Waals surface area contributed by atoms with E-state index in [1.807, 2.05) is 12.1 Å². The van der Waals surface area contributed by atoms with E-state index in [1.165, 1.54) is 5.56 Å². The van der Waals surface area contributed by atoms with Crippen LogP contribution in [0.1, 0.15) is 18.4 Å². The van der Waals surface area contributed by atoms with E-state index >= 15 is 0 Å². The summed E-state index contributed by atoms with van der Waals surface area (Å²) in [6, 6.07) is 8.21. The molecule has 84 valence electrons. The van der Waals surface area contributed by atoms with Crippen LogP contribution in [0, 0.1) is 0 Å². The van der Waals surface area contributed by atoms with Gasteiger partial charge in [0.15, 0.2) is 0 Å². The highest BCUT2D eigenvalue weighted by Gasteiger charge is 1.95. The van der Waals surface area contributed by atoms with Gasteiger partial charge in [-0.25, -0.2) is 0 Å². The lowest BCUT2D eigenvalue weighted by molar-refractivity contribution is 0.481. The van der Waals surface area contributed by atoms with Gasteiger partial charge in [0.05, 0.1) is 6.67 Å². The lowest BCUT2D eigenvalue weighted by atomic mass is 10.1. The van der Waals surface area contributed by atoms with E-state index in [0.717, 1.165) is 18.5 Å². The van der Waals surface area contributed by atoms with Crippen molar-refractivity contribution >= 4 is 17.3 Å². The first kappa shape index (κ1) is 12.3. The zero-order valence-electron chi connectivity index (χ0n) is 8.81. The average molecular weight is 230 g/mol. The molecule has 0 aromatic heterocycles. The van der Waals surface area contributed by atoms with Gasteiger partial charge in [0.2, 0.25) is 0 Å². The summed E-state index contributed by atoms with van der Waals surface area (Å²) in [7, 11) is 0. The van der Waals surface area contributed by atoms with Crippen molar-refractivity contribution in [3.05, 3.63) is 29.8 Å². The van der Waals surface area contributed by atoms with Crippen LogP contribution in [0.4, 0.5) is 10.1 Å². The summed E-state index contributed by atoms with van der Waals surface area (Å²) in [6.07, 6.45) is 2.56. The molecular weight excluding hydrogens is 213 g/mol. The van der Waals surface area contributed by atoms with Crippen LogP contribution in [-0.2, 0) is 6.42 Å². The number of rotatable bonds is 7. The van der Waals surface area contributed by atoms with Crippen LogP contribution in [0.3, 0.4) is 0 Å². The Labute approximate surface area is 95.6 Å². The SMILES string of the molecule is FCCCNc1cccc(CCCCl)c1. The fourth-order valence-corrected chi connectivity index (χ4v) is 1.54. The summed E-state index contributed by atoms with van der Waals surface area (Å²) in [4.78, 5) is 0. The normalized spacial score (nSPS) is 10.3. The minimum absolute atomic E-state index is 0.265. The van der Waals surface area contributed by atoms with Gasteiger partial charge in [-0.1, -0.05) is 12.1 Å². The van der Waals surface area contributed by atoms with Gasteiger partial charge in [-0.2, -0.15) is 0 Å². The Morgan fingerprint density at radius 3 is 2.87 bits per heavy atom.